The first-order valence-corrected chi connectivity index (χ1v) is 25.4. The Hall–Kier alpha value is -8.00. The second-order valence-electron chi connectivity index (χ2n) is 18.9. The van der Waals surface area contributed by atoms with Gasteiger partial charge in [0.25, 0.3) is 17.7 Å². The van der Waals surface area contributed by atoms with Gasteiger partial charge < -0.3 is 45.9 Å². The minimum absolute atomic E-state index is 0.0154. The number of ether oxygens (including phenoxy) is 3. The van der Waals surface area contributed by atoms with Gasteiger partial charge in [0.15, 0.2) is 6.23 Å². The van der Waals surface area contributed by atoms with E-state index < -0.39 is 60.0 Å². The molecule has 6 N–H and O–H groups in total. The smallest absolute Gasteiger partial charge is 0.416 e. The summed E-state index contributed by atoms with van der Waals surface area (Å²) in [5, 5.41) is 20.5. The van der Waals surface area contributed by atoms with E-state index in [9.17, 15) is 43.5 Å². The lowest BCUT2D eigenvalue weighted by atomic mass is 10.0. The second-order valence-corrected chi connectivity index (χ2v) is 18.9. The summed E-state index contributed by atoms with van der Waals surface area (Å²) in [6.07, 6.45) is 4.03. The van der Waals surface area contributed by atoms with Gasteiger partial charge in [0.1, 0.15) is 30.2 Å². The molecule has 0 bridgehead atoms. The number of aryl methyl sites for hydroxylation is 2. The fraction of sp³-hybridized carbons (Fsp3) is 0.368. The van der Waals surface area contributed by atoms with Crippen molar-refractivity contribution >= 4 is 64.3 Å². The molecule has 3 aliphatic heterocycles. The lowest BCUT2D eigenvalue weighted by Gasteiger charge is -2.31. The number of ketones is 1. The Kier molecular flexibility index (Phi) is 19.4. The number of nitrogens with zero attached hydrogens (tertiary/aromatic N) is 3. The van der Waals surface area contributed by atoms with Crippen LogP contribution in [-0.2, 0) is 51.3 Å². The maximum absolute atomic E-state index is 14.2. The van der Waals surface area contributed by atoms with Gasteiger partial charge in [0.2, 0.25) is 17.7 Å². The molecule has 19 nitrogen and oxygen atoms in total. The van der Waals surface area contributed by atoms with E-state index in [4.69, 9.17) is 19.9 Å². The Bertz CT molecular complexity index is 2820. The van der Waals surface area contributed by atoms with Crippen LogP contribution in [0.15, 0.2) is 109 Å². The van der Waals surface area contributed by atoms with Crippen LogP contribution in [0.25, 0.3) is 5.57 Å². The summed E-state index contributed by atoms with van der Waals surface area (Å²) in [4.78, 5) is 109. The van der Waals surface area contributed by atoms with E-state index in [1.165, 1.54) is 17.1 Å². The number of fused-ring (bicyclic) bond motifs is 2. The number of hydrogen-bond acceptors (Lipinski definition) is 13. The number of carbonyl (C=O) groups is 8. The van der Waals surface area contributed by atoms with E-state index in [0.717, 1.165) is 37.6 Å². The van der Waals surface area contributed by atoms with Crippen LogP contribution in [0.3, 0.4) is 0 Å². The van der Waals surface area contributed by atoms with Crippen molar-refractivity contribution < 1.29 is 57.7 Å². The molecule has 0 aliphatic carbocycles. The SMILES string of the molecule is COc1ccc(C2=CN3C(=O)c4cc(C)c(C)cc4N(C(=O)OCc4ccc(NC(=O)[C@H](CCCCN)NC(=O)[C@H](Cc5ccccc5)NC(=O)CCOCCCC(=O)CCN5C(=O)C=CC5=O)cc4)[C@@H](O)[C@@H]3C2)cc1. The molecule has 4 atom stereocenters. The van der Waals surface area contributed by atoms with Crippen LogP contribution in [0.1, 0.15) is 89.5 Å². The van der Waals surface area contributed by atoms with Crippen LogP contribution in [0, 0.1) is 13.8 Å². The predicted octanol–water partition coefficient (Wildman–Crippen LogP) is 5.39. The second kappa shape index (κ2) is 26.5. The van der Waals surface area contributed by atoms with Gasteiger partial charge in [0, 0.05) is 62.9 Å². The summed E-state index contributed by atoms with van der Waals surface area (Å²) in [7, 11) is 1.58. The van der Waals surface area contributed by atoms with Crippen molar-refractivity contribution in [1.29, 1.82) is 0 Å². The molecule has 76 heavy (non-hydrogen) atoms. The maximum atomic E-state index is 14.2. The highest BCUT2D eigenvalue weighted by atomic mass is 16.6. The highest BCUT2D eigenvalue weighted by molar-refractivity contribution is 6.13. The molecule has 0 spiro atoms. The summed E-state index contributed by atoms with van der Waals surface area (Å²) < 4.78 is 16.7. The van der Waals surface area contributed by atoms with E-state index in [0.29, 0.717) is 42.8 Å². The van der Waals surface area contributed by atoms with Crippen molar-refractivity contribution in [3.63, 3.8) is 0 Å². The van der Waals surface area contributed by atoms with Crippen molar-refractivity contribution in [2.75, 3.05) is 43.6 Å². The zero-order valence-electron chi connectivity index (χ0n) is 43.0. The molecule has 19 heteroatoms. The molecule has 3 heterocycles. The number of Topliss-reactive ketones (excluding diaryl/α,β-unsaturated/α-hetero) is 1. The molecular weight excluding hydrogens is 975 g/mol. The highest BCUT2D eigenvalue weighted by Crippen LogP contribution is 2.40. The van der Waals surface area contributed by atoms with Crippen molar-refractivity contribution in [1.82, 2.24) is 20.4 Å². The summed E-state index contributed by atoms with van der Waals surface area (Å²) in [6, 6.07) is 23.6. The van der Waals surface area contributed by atoms with Crippen LogP contribution in [-0.4, -0.2) is 120 Å². The summed E-state index contributed by atoms with van der Waals surface area (Å²) in [6.45, 7) is 4.13. The van der Waals surface area contributed by atoms with Crippen LogP contribution in [0.5, 0.6) is 5.75 Å². The standard InChI is InChI=1S/C57H65N7O12/c1-36-30-45-48(31-37(36)2)64(56(72)49-33-41(34-63(49)55(45)71)40-16-20-44(74-3)21-17-40)57(73)76-35-39-14-18-42(19-15-39)59-53(69)46(13-7-8-26-58)61-54(70)47(32-38-10-5-4-6-11-38)60-50(66)25-29-75-28-9-12-43(65)24-27-62-51(67)22-23-52(62)68/h4-6,10-11,14-23,30-31,34,46-47,49,56,72H,7-9,12-13,24-29,32-33,35,58H2,1-3H3,(H,59,69)(H,60,66)(H,61,70)/t46-,47-,49-,56-/m0/s1. The molecule has 0 saturated heterocycles. The number of amides is 7. The fourth-order valence-electron chi connectivity index (χ4n) is 9.07. The Labute approximate surface area is 441 Å². The predicted molar refractivity (Wildman–Crippen MR) is 282 cm³/mol. The molecular formula is C57H65N7O12. The Morgan fingerprint density at radius 1 is 0.776 bits per heavy atom. The normalized spacial score (nSPS) is 16.6. The lowest BCUT2D eigenvalue weighted by molar-refractivity contribution is -0.137. The average Bonchev–Trinajstić information content (AvgIpc) is 4.01. The summed E-state index contributed by atoms with van der Waals surface area (Å²) in [5.74, 6) is -2.23. The molecule has 400 valence electrons. The Morgan fingerprint density at radius 3 is 2.18 bits per heavy atom. The van der Waals surface area contributed by atoms with Gasteiger partial charge in [-0.05, 0) is 122 Å². The molecule has 0 fully saturated rings. The number of imide groups is 1. The Balaban J connectivity index is 0.937. The molecule has 4 aromatic rings. The molecule has 0 aromatic heterocycles. The van der Waals surface area contributed by atoms with E-state index >= 15 is 0 Å². The molecule has 4 aromatic carbocycles. The number of hydrogen-bond donors (Lipinski definition) is 5. The molecule has 7 rings (SSSR count). The third-order valence-electron chi connectivity index (χ3n) is 13.5. The third-order valence-corrected chi connectivity index (χ3v) is 13.5. The molecule has 0 unspecified atom stereocenters. The van der Waals surface area contributed by atoms with E-state index in [1.54, 1.807) is 49.7 Å². The monoisotopic (exact) mass is 1040 g/mol. The van der Waals surface area contributed by atoms with E-state index in [1.807, 2.05) is 68.4 Å². The Morgan fingerprint density at radius 2 is 1.49 bits per heavy atom. The first-order chi connectivity index (χ1) is 36.6. The van der Waals surface area contributed by atoms with Crippen LogP contribution in [0.4, 0.5) is 16.2 Å². The summed E-state index contributed by atoms with van der Waals surface area (Å²) in [5.41, 5.74) is 11.3. The van der Waals surface area contributed by atoms with E-state index in [-0.39, 0.29) is 87.8 Å². The van der Waals surface area contributed by atoms with Crippen molar-refractivity contribution in [2.24, 2.45) is 5.73 Å². The van der Waals surface area contributed by atoms with Crippen molar-refractivity contribution in [3.8, 4) is 5.75 Å². The largest absolute Gasteiger partial charge is 0.497 e. The first kappa shape index (κ1) is 55.7. The topological polar surface area (TPSA) is 256 Å². The third kappa shape index (κ3) is 14.4. The minimum Gasteiger partial charge on any atom is -0.497 e. The number of nitrogens with two attached hydrogens (primary N) is 1. The quantitative estimate of drug-likeness (QED) is 0.0413. The average molecular weight is 1040 g/mol. The number of methoxy groups -OCH3 is 1. The van der Waals surface area contributed by atoms with Gasteiger partial charge in [0.05, 0.1) is 31.0 Å². The molecule has 0 saturated carbocycles. The van der Waals surface area contributed by atoms with Gasteiger partial charge >= 0.3 is 6.09 Å². The molecule has 0 radical (unpaired) electrons. The van der Waals surface area contributed by atoms with Gasteiger partial charge in [-0.15, -0.1) is 0 Å². The summed E-state index contributed by atoms with van der Waals surface area (Å²) >= 11 is 0. The van der Waals surface area contributed by atoms with Crippen molar-refractivity contribution in [2.45, 2.75) is 103 Å². The van der Waals surface area contributed by atoms with Crippen LogP contribution >= 0.6 is 0 Å². The number of nitrogens with one attached hydrogen (secondary N) is 3. The lowest BCUT2D eigenvalue weighted by Crippen LogP contribution is -2.53. The number of benzene rings is 4. The van der Waals surface area contributed by atoms with E-state index in [2.05, 4.69) is 16.0 Å². The number of carbonyl (C=O) groups excluding carboxylic acids is 8. The van der Waals surface area contributed by atoms with Crippen LogP contribution < -0.4 is 31.3 Å². The van der Waals surface area contributed by atoms with Gasteiger partial charge in [-0.3, -0.25) is 38.5 Å². The van der Waals surface area contributed by atoms with Gasteiger partial charge in [-0.2, -0.15) is 0 Å². The molecule has 3 aliphatic rings. The number of aliphatic hydroxyl groups excluding tert-OH is 1. The maximum Gasteiger partial charge on any atom is 0.416 e. The zero-order chi connectivity index (χ0) is 54.3. The van der Waals surface area contributed by atoms with Crippen LogP contribution in [0.2, 0.25) is 0 Å². The number of anilines is 2. The number of aliphatic hydroxyl groups is 1. The van der Waals surface area contributed by atoms with Gasteiger partial charge in [-0.1, -0.05) is 54.6 Å². The fourth-order valence-corrected chi connectivity index (χ4v) is 9.07. The highest BCUT2D eigenvalue weighted by Gasteiger charge is 2.45. The molecule has 7 amide bonds. The number of unbranched alkanes of at least 4 members (excludes halogenated alkanes) is 1. The van der Waals surface area contributed by atoms with Gasteiger partial charge in [-0.25, -0.2) is 9.69 Å². The minimum atomic E-state index is -1.46. The first-order valence-electron chi connectivity index (χ1n) is 25.4. The zero-order valence-corrected chi connectivity index (χ0v) is 43.0. The van der Waals surface area contributed by atoms with Crippen molar-refractivity contribution in [3.05, 3.63) is 143 Å². The number of rotatable bonds is 25.